The van der Waals surface area contributed by atoms with Crippen molar-refractivity contribution in [1.82, 2.24) is 4.72 Å². The number of halogens is 1. The first-order valence-electron chi connectivity index (χ1n) is 6.42. The summed E-state index contributed by atoms with van der Waals surface area (Å²) in [5.74, 6) is -0.338. The lowest BCUT2D eigenvalue weighted by molar-refractivity contribution is 0.452. The minimum absolute atomic E-state index is 0.0294. The molecule has 0 aromatic heterocycles. The van der Waals surface area contributed by atoms with Gasteiger partial charge in [-0.3, -0.25) is 0 Å². The van der Waals surface area contributed by atoms with Crippen LogP contribution >= 0.6 is 0 Å². The Hall–Kier alpha value is -0.980. The van der Waals surface area contributed by atoms with Gasteiger partial charge in [0.15, 0.2) is 0 Å². The van der Waals surface area contributed by atoms with E-state index in [0.29, 0.717) is 12.1 Å². The van der Waals surface area contributed by atoms with Crippen molar-refractivity contribution >= 4 is 10.0 Å². The summed E-state index contributed by atoms with van der Waals surface area (Å²) in [7, 11) is -3.67. The Balaban J connectivity index is 2.20. The fourth-order valence-corrected chi connectivity index (χ4v) is 3.83. The molecule has 106 valence electrons. The van der Waals surface area contributed by atoms with Crippen molar-refractivity contribution in [1.29, 1.82) is 0 Å². The molecular formula is C13H19FN2O2S. The van der Waals surface area contributed by atoms with Crippen LogP contribution in [-0.2, 0) is 10.0 Å². The zero-order chi connectivity index (χ0) is 14.0. The van der Waals surface area contributed by atoms with E-state index in [0.717, 1.165) is 25.3 Å². The Bertz CT molecular complexity index is 560. The zero-order valence-electron chi connectivity index (χ0n) is 10.9. The molecule has 1 aliphatic carbocycles. The summed E-state index contributed by atoms with van der Waals surface area (Å²) in [6.45, 7) is 2.07. The van der Waals surface area contributed by atoms with Crippen molar-refractivity contribution in [2.75, 3.05) is 6.54 Å². The van der Waals surface area contributed by atoms with Crippen LogP contribution in [0.5, 0.6) is 0 Å². The van der Waals surface area contributed by atoms with Gasteiger partial charge in [-0.05, 0) is 49.9 Å². The van der Waals surface area contributed by atoms with Crippen LogP contribution in [0.3, 0.4) is 0 Å². The number of sulfonamides is 1. The van der Waals surface area contributed by atoms with E-state index in [9.17, 15) is 12.8 Å². The molecule has 0 saturated heterocycles. The van der Waals surface area contributed by atoms with E-state index >= 15 is 0 Å². The van der Waals surface area contributed by atoms with Crippen LogP contribution in [0.15, 0.2) is 23.1 Å². The molecular weight excluding hydrogens is 267 g/mol. The first kappa shape index (κ1) is 14.4. The second-order valence-corrected chi connectivity index (χ2v) is 6.78. The van der Waals surface area contributed by atoms with Gasteiger partial charge >= 0.3 is 0 Å². The summed E-state index contributed by atoms with van der Waals surface area (Å²) in [6.07, 6.45) is 2.69. The highest BCUT2D eigenvalue weighted by atomic mass is 32.2. The van der Waals surface area contributed by atoms with Crippen molar-refractivity contribution in [3.8, 4) is 0 Å². The second kappa shape index (κ2) is 5.56. The number of benzene rings is 1. The molecule has 1 saturated carbocycles. The number of hydrogen-bond donors (Lipinski definition) is 2. The van der Waals surface area contributed by atoms with Crippen molar-refractivity contribution in [3.05, 3.63) is 29.6 Å². The highest BCUT2D eigenvalue weighted by molar-refractivity contribution is 7.89. The minimum Gasteiger partial charge on any atom is -0.330 e. The van der Waals surface area contributed by atoms with E-state index in [1.807, 2.05) is 0 Å². The van der Waals surface area contributed by atoms with Gasteiger partial charge in [0.2, 0.25) is 10.0 Å². The van der Waals surface area contributed by atoms with Crippen molar-refractivity contribution < 1.29 is 12.8 Å². The molecule has 1 fully saturated rings. The molecule has 0 amide bonds. The molecule has 0 spiro atoms. The molecule has 0 aliphatic heterocycles. The third-order valence-electron chi connectivity index (χ3n) is 3.72. The largest absolute Gasteiger partial charge is 0.330 e. The maximum atomic E-state index is 13.5. The van der Waals surface area contributed by atoms with Crippen LogP contribution in [0, 0.1) is 18.7 Å². The van der Waals surface area contributed by atoms with Crippen LogP contribution in [0.25, 0.3) is 0 Å². The predicted molar refractivity (Wildman–Crippen MR) is 71.6 cm³/mol. The quantitative estimate of drug-likeness (QED) is 0.882. The molecule has 0 bridgehead atoms. The van der Waals surface area contributed by atoms with Gasteiger partial charge < -0.3 is 5.73 Å². The van der Waals surface area contributed by atoms with Gasteiger partial charge in [-0.25, -0.2) is 17.5 Å². The molecule has 1 aromatic rings. The minimum atomic E-state index is -3.67. The van der Waals surface area contributed by atoms with E-state index in [-0.39, 0.29) is 16.9 Å². The van der Waals surface area contributed by atoms with Gasteiger partial charge in [0.25, 0.3) is 0 Å². The molecule has 1 aromatic carbocycles. The monoisotopic (exact) mass is 286 g/mol. The lowest BCUT2D eigenvalue weighted by Gasteiger charge is -2.19. The third kappa shape index (κ3) is 3.13. The van der Waals surface area contributed by atoms with Crippen molar-refractivity contribution in [2.45, 2.75) is 37.1 Å². The summed E-state index contributed by atoms with van der Waals surface area (Å²) in [5.41, 5.74) is 6.06. The summed E-state index contributed by atoms with van der Waals surface area (Å²) in [6, 6.07) is 3.82. The Morgan fingerprint density at radius 3 is 2.79 bits per heavy atom. The number of aryl methyl sites for hydroxylation is 1. The van der Waals surface area contributed by atoms with Crippen LogP contribution in [-0.4, -0.2) is 21.0 Å². The fourth-order valence-electron chi connectivity index (χ4n) is 2.48. The molecule has 2 atom stereocenters. The molecule has 2 rings (SSSR count). The lowest BCUT2D eigenvalue weighted by Crippen LogP contribution is -2.39. The Morgan fingerprint density at radius 2 is 2.16 bits per heavy atom. The average molecular weight is 286 g/mol. The van der Waals surface area contributed by atoms with Crippen LogP contribution in [0.2, 0.25) is 0 Å². The first-order chi connectivity index (χ1) is 8.94. The zero-order valence-corrected chi connectivity index (χ0v) is 11.7. The van der Waals surface area contributed by atoms with E-state index in [2.05, 4.69) is 4.72 Å². The fraction of sp³-hybridized carbons (Fsp3) is 0.538. The van der Waals surface area contributed by atoms with Gasteiger partial charge in [-0.1, -0.05) is 12.5 Å². The Labute approximate surface area is 113 Å². The van der Waals surface area contributed by atoms with Crippen LogP contribution < -0.4 is 10.5 Å². The predicted octanol–water partition coefficient (Wildman–Crippen LogP) is 1.54. The van der Waals surface area contributed by atoms with Crippen molar-refractivity contribution in [2.24, 2.45) is 11.7 Å². The maximum Gasteiger partial charge on any atom is 0.240 e. The van der Waals surface area contributed by atoms with Gasteiger partial charge in [0, 0.05) is 6.04 Å². The number of nitrogens with two attached hydrogens (primary N) is 1. The van der Waals surface area contributed by atoms with E-state index in [1.54, 1.807) is 6.92 Å². The summed E-state index contributed by atoms with van der Waals surface area (Å²) in [4.78, 5) is -0.0294. The molecule has 0 heterocycles. The summed E-state index contributed by atoms with van der Waals surface area (Å²) in [5, 5.41) is 0. The Kier molecular flexibility index (Phi) is 4.23. The van der Waals surface area contributed by atoms with E-state index in [1.165, 1.54) is 12.1 Å². The van der Waals surface area contributed by atoms with E-state index in [4.69, 9.17) is 5.73 Å². The van der Waals surface area contributed by atoms with Gasteiger partial charge in [-0.15, -0.1) is 0 Å². The smallest absolute Gasteiger partial charge is 0.240 e. The molecule has 1 aliphatic rings. The van der Waals surface area contributed by atoms with Crippen LogP contribution in [0.1, 0.15) is 24.8 Å². The number of hydrogen-bond acceptors (Lipinski definition) is 3. The molecule has 4 nitrogen and oxygen atoms in total. The second-order valence-electron chi connectivity index (χ2n) is 5.07. The van der Waals surface area contributed by atoms with Gasteiger partial charge in [0.1, 0.15) is 5.82 Å². The van der Waals surface area contributed by atoms with Gasteiger partial charge in [0.05, 0.1) is 4.90 Å². The first-order valence-corrected chi connectivity index (χ1v) is 7.91. The average Bonchev–Trinajstić information content (AvgIpc) is 2.79. The Morgan fingerprint density at radius 1 is 1.42 bits per heavy atom. The molecule has 3 N–H and O–H groups in total. The van der Waals surface area contributed by atoms with Crippen molar-refractivity contribution in [3.63, 3.8) is 0 Å². The highest BCUT2D eigenvalue weighted by Crippen LogP contribution is 2.26. The third-order valence-corrected chi connectivity index (χ3v) is 5.21. The summed E-state index contributed by atoms with van der Waals surface area (Å²) >= 11 is 0. The lowest BCUT2D eigenvalue weighted by atomic mass is 10.1. The molecule has 19 heavy (non-hydrogen) atoms. The molecule has 0 radical (unpaired) electrons. The van der Waals surface area contributed by atoms with E-state index < -0.39 is 15.8 Å². The molecule has 6 heteroatoms. The highest BCUT2D eigenvalue weighted by Gasteiger charge is 2.30. The standard InChI is InChI=1S/C13H19FN2O2S/c1-9-5-6-11(7-12(9)14)19(17,18)16-13-4-2-3-10(13)8-15/h5-7,10,13,16H,2-4,8,15H2,1H3/t10-,13+/m0/s1. The maximum absolute atomic E-state index is 13.5. The van der Waals surface area contributed by atoms with Crippen LogP contribution in [0.4, 0.5) is 4.39 Å². The number of rotatable bonds is 4. The topological polar surface area (TPSA) is 72.2 Å². The SMILES string of the molecule is Cc1ccc(S(=O)(=O)N[C@@H]2CCC[C@H]2CN)cc1F. The number of nitrogens with one attached hydrogen (secondary N) is 1. The van der Waals surface area contributed by atoms with Gasteiger partial charge in [-0.2, -0.15) is 0 Å². The molecule has 0 unspecified atom stereocenters. The summed E-state index contributed by atoms with van der Waals surface area (Å²) < 4.78 is 40.5. The normalized spacial score (nSPS) is 23.7.